The highest BCUT2D eigenvalue weighted by Crippen LogP contribution is 2.35. The van der Waals surface area contributed by atoms with Crippen molar-refractivity contribution in [3.63, 3.8) is 0 Å². The smallest absolute Gasteiger partial charge is 0.180 e. The summed E-state index contributed by atoms with van der Waals surface area (Å²) in [6.45, 7) is 2.87. The molecule has 4 nitrogen and oxygen atoms in total. The SMILES string of the molecule is Nc1nc2c(s1)C(CC1CCOC1)NCC2. The number of nitrogens with zero attached hydrogens (tertiary/aromatic N) is 1. The van der Waals surface area contributed by atoms with Crippen LogP contribution in [0.3, 0.4) is 0 Å². The molecule has 5 heteroatoms. The summed E-state index contributed by atoms with van der Waals surface area (Å²) in [5.74, 6) is 0.701. The first-order chi connectivity index (χ1) is 7.83. The molecule has 3 rings (SSSR count). The zero-order chi connectivity index (χ0) is 11.0. The lowest BCUT2D eigenvalue weighted by Crippen LogP contribution is -2.30. The molecule has 16 heavy (non-hydrogen) atoms. The number of nitrogens with one attached hydrogen (secondary N) is 1. The van der Waals surface area contributed by atoms with Crippen LogP contribution in [0.4, 0.5) is 5.13 Å². The van der Waals surface area contributed by atoms with Crippen molar-refractivity contribution in [1.82, 2.24) is 10.3 Å². The van der Waals surface area contributed by atoms with Crippen LogP contribution in [0.15, 0.2) is 0 Å². The summed E-state index contributed by atoms with van der Waals surface area (Å²) in [6, 6.07) is 0.449. The Balaban J connectivity index is 1.75. The van der Waals surface area contributed by atoms with Crippen molar-refractivity contribution in [3.05, 3.63) is 10.6 Å². The Morgan fingerprint density at radius 3 is 3.31 bits per heavy atom. The quantitative estimate of drug-likeness (QED) is 0.817. The molecule has 0 bridgehead atoms. The van der Waals surface area contributed by atoms with Crippen LogP contribution in [-0.4, -0.2) is 24.7 Å². The van der Waals surface area contributed by atoms with Gasteiger partial charge in [-0.15, -0.1) is 11.3 Å². The van der Waals surface area contributed by atoms with Crippen molar-refractivity contribution in [1.29, 1.82) is 0 Å². The first kappa shape index (κ1) is 10.5. The van der Waals surface area contributed by atoms with Gasteiger partial charge in [-0.25, -0.2) is 4.98 Å². The maximum atomic E-state index is 5.78. The van der Waals surface area contributed by atoms with E-state index in [-0.39, 0.29) is 0 Å². The molecule has 3 N–H and O–H groups in total. The molecule has 1 saturated heterocycles. The van der Waals surface area contributed by atoms with Crippen molar-refractivity contribution < 1.29 is 4.74 Å². The Labute approximate surface area is 99.2 Å². The molecule has 2 atom stereocenters. The van der Waals surface area contributed by atoms with E-state index in [1.807, 2.05) is 0 Å². The predicted molar refractivity (Wildman–Crippen MR) is 64.5 cm³/mol. The molecule has 0 aliphatic carbocycles. The van der Waals surface area contributed by atoms with Crippen molar-refractivity contribution in [3.8, 4) is 0 Å². The van der Waals surface area contributed by atoms with Crippen LogP contribution in [-0.2, 0) is 11.2 Å². The summed E-state index contributed by atoms with van der Waals surface area (Å²) in [4.78, 5) is 5.76. The van der Waals surface area contributed by atoms with Gasteiger partial charge in [-0.1, -0.05) is 0 Å². The molecule has 1 aromatic heterocycles. The minimum atomic E-state index is 0.449. The molecular weight excluding hydrogens is 222 g/mol. The Hall–Kier alpha value is -0.650. The third-order valence-electron chi connectivity index (χ3n) is 3.41. The van der Waals surface area contributed by atoms with Crippen molar-refractivity contribution in [2.45, 2.75) is 25.3 Å². The number of aromatic nitrogens is 1. The van der Waals surface area contributed by atoms with Crippen molar-refractivity contribution >= 4 is 16.5 Å². The molecule has 0 saturated carbocycles. The highest BCUT2D eigenvalue weighted by Gasteiger charge is 2.27. The number of nitrogens with two attached hydrogens (primary N) is 1. The molecular formula is C11H17N3OS. The number of hydrogen-bond donors (Lipinski definition) is 2. The normalized spacial score (nSPS) is 29.2. The molecule has 88 valence electrons. The maximum Gasteiger partial charge on any atom is 0.180 e. The maximum absolute atomic E-state index is 5.78. The molecule has 1 fully saturated rings. The lowest BCUT2D eigenvalue weighted by molar-refractivity contribution is 0.181. The van der Waals surface area contributed by atoms with E-state index in [1.54, 1.807) is 11.3 Å². The average Bonchev–Trinajstić information content (AvgIpc) is 2.86. The van der Waals surface area contributed by atoms with E-state index in [1.165, 1.54) is 17.0 Å². The minimum Gasteiger partial charge on any atom is -0.381 e. The average molecular weight is 239 g/mol. The van der Waals surface area contributed by atoms with Gasteiger partial charge in [-0.3, -0.25) is 0 Å². The Bertz CT molecular complexity index is 373. The summed E-state index contributed by atoms with van der Waals surface area (Å²) >= 11 is 1.65. The number of fused-ring (bicyclic) bond motifs is 1. The number of ether oxygens (including phenoxy) is 1. The van der Waals surface area contributed by atoms with Crippen LogP contribution in [0, 0.1) is 5.92 Å². The lowest BCUT2D eigenvalue weighted by atomic mass is 9.95. The zero-order valence-electron chi connectivity index (χ0n) is 9.24. The topological polar surface area (TPSA) is 60.2 Å². The fraction of sp³-hybridized carbons (Fsp3) is 0.727. The van der Waals surface area contributed by atoms with Gasteiger partial charge in [0.15, 0.2) is 5.13 Å². The van der Waals surface area contributed by atoms with E-state index in [2.05, 4.69) is 10.3 Å². The third kappa shape index (κ3) is 1.95. The van der Waals surface area contributed by atoms with Crippen LogP contribution in [0.1, 0.15) is 29.5 Å². The van der Waals surface area contributed by atoms with Crippen LogP contribution < -0.4 is 11.1 Å². The fourth-order valence-corrected chi connectivity index (χ4v) is 3.55. The summed E-state index contributed by atoms with van der Waals surface area (Å²) < 4.78 is 5.43. The molecule has 2 unspecified atom stereocenters. The van der Waals surface area contributed by atoms with E-state index >= 15 is 0 Å². The van der Waals surface area contributed by atoms with E-state index in [4.69, 9.17) is 10.5 Å². The summed E-state index contributed by atoms with van der Waals surface area (Å²) in [5, 5.41) is 4.28. The van der Waals surface area contributed by atoms with Gasteiger partial charge >= 0.3 is 0 Å². The molecule has 0 radical (unpaired) electrons. The van der Waals surface area contributed by atoms with Gasteiger partial charge in [0.1, 0.15) is 0 Å². The van der Waals surface area contributed by atoms with Crippen LogP contribution >= 0.6 is 11.3 Å². The third-order valence-corrected chi connectivity index (χ3v) is 4.45. The minimum absolute atomic E-state index is 0.449. The first-order valence-corrected chi connectivity index (χ1v) is 6.71. The van der Waals surface area contributed by atoms with Gasteiger partial charge in [0.2, 0.25) is 0 Å². The van der Waals surface area contributed by atoms with Crippen molar-refractivity contribution in [2.24, 2.45) is 5.92 Å². The fourth-order valence-electron chi connectivity index (χ4n) is 2.58. The van der Waals surface area contributed by atoms with E-state index in [9.17, 15) is 0 Å². The summed E-state index contributed by atoms with van der Waals surface area (Å²) in [6.07, 6.45) is 3.37. The van der Waals surface area contributed by atoms with Gasteiger partial charge in [-0.05, 0) is 18.8 Å². The zero-order valence-corrected chi connectivity index (χ0v) is 10.1. The van der Waals surface area contributed by atoms with Gasteiger partial charge in [-0.2, -0.15) is 0 Å². The van der Waals surface area contributed by atoms with Crippen LogP contribution in [0.2, 0.25) is 0 Å². The molecule has 2 aliphatic rings. The number of rotatable bonds is 2. The number of hydrogen-bond acceptors (Lipinski definition) is 5. The van der Waals surface area contributed by atoms with E-state index < -0.39 is 0 Å². The van der Waals surface area contributed by atoms with Gasteiger partial charge in [0.25, 0.3) is 0 Å². The number of thiazole rings is 1. The monoisotopic (exact) mass is 239 g/mol. The second kappa shape index (κ2) is 4.31. The van der Waals surface area contributed by atoms with Gasteiger partial charge in [0, 0.05) is 37.1 Å². The summed E-state index contributed by atoms with van der Waals surface area (Å²) in [7, 11) is 0. The molecule has 1 aromatic rings. The number of anilines is 1. The number of nitrogen functional groups attached to an aromatic ring is 1. The molecule has 0 amide bonds. The first-order valence-electron chi connectivity index (χ1n) is 5.89. The highest BCUT2D eigenvalue weighted by atomic mass is 32.1. The standard InChI is InChI=1S/C11H17N3OS/c12-11-14-8-1-3-13-9(10(8)16-11)5-7-2-4-15-6-7/h7,9,13H,1-6H2,(H2,12,14). The second-order valence-corrected chi connectivity index (χ2v) is 5.65. The van der Waals surface area contributed by atoms with E-state index in [0.717, 1.165) is 32.6 Å². The Morgan fingerprint density at radius 2 is 2.50 bits per heavy atom. The largest absolute Gasteiger partial charge is 0.381 e. The molecule has 0 aromatic carbocycles. The second-order valence-electron chi connectivity index (χ2n) is 4.59. The molecule has 3 heterocycles. The Morgan fingerprint density at radius 1 is 1.56 bits per heavy atom. The van der Waals surface area contributed by atoms with Crippen LogP contribution in [0.5, 0.6) is 0 Å². The molecule has 0 spiro atoms. The lowest BCUT2D eigenvalue weighted by Gasteiger charge is -2.24. The summed E-state index contributed by atoms with van der Waals surface area (Å²) in [5.41, 5.74) is 7.00. The highest BCUT2D eigenvalue weighted by molar-refractivity contribution is 7.15. The van der Waals surface area contributed by atoms with Gasteiger partial charge in [0.05, 0.1) is 5.69 Å². The predicted octanol–water partition coefficient (Wildman–Crippen LogP) is 1.34. The van der Waals surface area contributed by atoms with Crippen LogP contribution in [0.25, 0.3) is 0 Å². The van der Waals surface area contributed by atoms with Crippen molar-refractivity contribution in [2.75, 3.05) is 25.5 Å². The van der Waals surface area contributed by atoms with E-state index in [0.29, 0.717) is 17.1 Å². The Kier molecular flexibility index (Phi) is 2.83. The van der Waals surface area contributed by atoms with Gasteiger partial charge < -0.3 is 15.8 Å². The molecule has 2 aliphatic heterocycles.